The van der Waals surface area contributed by atoms with Gasteiger partial charge in [-0.1, -0.05) is 26.0 Å². The van der Waals surface area contributed by atoms with Gasteiger partial charge in [-0.3, -0.25) is 9.59 Å². The maximum absolute atomic E-state index is 12.5. The fraction of sp³-hybridized carbons (Fsp3) is 0.238. The molecule has 6 heteroatoms. The van der Waals surface area contributed by atoms with Gasteiger partial charge < -0.3 is 15.1 Å². The zero-order valence-corrected chi connectivity index (χ0v) is 17.0. The molecule has 0 aliphatic carbocycles. The standard InChI is InChI=1S/C21H21BrN2O3/c1-12(2)11-23-20(25)15-7-8-17(13(3)9-15)24-21(26)18-10-14-5-4-6-16(22)19(14)27-18/h4-10,12H,11H2,1-3H3,(H,23,25)(H,24,26). The zero-order chi connectivity index (χ0) is 19.6. The van der Waals surface area contributed by atoms with Crippen LogP contribution in [0.3, 0.4) is 0 Å². The van der Waals surface area contributed by atoms with Crippen molar-refractivity contribution in [2.75, 3.05) is 11.9 Å². The number of benzene rings is 2. The minimum absolute atomic E-state index is 0.119. The number of aryl methyl sites for hydroxylation is 1. The molecule has 0 unspecified atom stereocenters. The number of carbonyl (C=O) groups excluding carboxylic acids is 2. The van der Waals surface area contributed by atoms with Gasteiger partial charge in [-0.2, -0.15) is 0 Å². The van der Waals surface area contributed by atoms with Crippen LogP contribution in [0.15, 0.2) is 51.4 Å². The number of para-hydroxylation sites is 1. The first-order chi connectivity index (χ1) is 12.8. The predicted molar refractivity (Wildman–Crippen MR) is 110 cm³/mol. The van der Waals surface area contributed by atoms with Gasteiger partial charge in [0.25, 0.3) is 11.8 Å². The van der Waals surface area contributed by atoms with Crippen LogP contribution in [0.1, 0.15) is 40.3 Å². The summed E-state index contributed by atoms with van der Waals surface area (Å²) in [5.74, 6) is 0.164. The molecule has 2 N–H and O–H groups in total. The SMILES string of the molecule is Cc1cc(C(=O)NCC(C)C)ccc1NC(=O)c1cc2cccc(Br)c2o1. The molecule has 140 valence electrons. The Morgan fingerprint density at radius 2 is 1.89 bits per heavy atom. The average molecular weight is 429 g/mol. The van der Waals surface area contributed by atoms with Crippen LogP contribution < -0.4 is 10.6 Å². The zero-order valence-electron chi connectivity index (χ0n) is 15.4. The van der Waals surface area contributed by atoms with Crippen LogP contribution in [0.25, 0.3) is 11.0 Å². The number of anilines is 1. The van der Waals surface area contributed by atoms with Gasteiger partial charge in [0, 0.05) is 23.2 Å². The van der Waals surface area contributed by atoms with Crippen LogP contribution >= 0.6 is 15.9 Å². The van der Waals surface area contributed by atoms with Crippen molar-refractivity contribution in [3.8, 4) is 0 Å². The number of carbonyl (C=O) groups is 2. The van der Waals surface area contributed by atoms with E-state index in [1.165, 1.54) is 0 Å². The number of furan rings is 1. The Balaban J connectivity index is 1.75. The quantitative estimate of drug-likeness (QED) is 0.590. The molecule has 0 aliphatic heterocycles. The summed E-state index contributed by atoms with van der Waals surface area (Å²) in [5, 5.41) is 6.58. The number of amides is 2. The first-order valence-electron chi connectivity index (χ1n) is 8.73. The first-order valence-corrected chi connectivity index (χ1v) is 9.52. The van der Waals surface area contributed by atoms with Gasteiger partial charge in [-0.15, -0.1) is 0 Å². The molecule has 0 aliphatic rings. The molecule has 1 heterocycles. The molecule has 0 saturated heterocycles. The van der Waals surface area contributed by atoms with Gasteiger partial charge >= 0.3 is 0 Å². The fourth-order valence-electron chi connectivity index (χ4n) is 2.67. The Morgan fingerprint density at radius 1 is 1.11 bits per heavy atom. The van der Waals surface area contributed by atoms with E-state index in [0.717, 1.165) is 15.4 Å². The lowest BCUT2D eigenvalue weighted by molar-refractivity contribution is 0.0948. The van der Waals surface area contributed by atoms with Crippen LogP contribution in [0.2, 0.25) is 0 Å². The van der Waals surface area contributed by atoms with Crippen LogP contribution in [-0.2, 0) is 0 Å². The van der Waals surface area contributed by atoms with Crippen molar-refractivity contribution in [3.63, 3.8) is 0 Å². The highest BCUT2D eigenvalue weighted by Gasteiger charge is 2.15. The third kappa shape index (κ3) is 4.39. The normalized spacial score (nSPS) is 11.0. The second-order valence-corrected chi connectivity index (χ2v) is 7.71. The van der Waals surface area contributed by atoms with Crippen molar-refractivity contribution in [2.45, 2.75) is 20.8 Å². The van der Waals surface area contributed by atoms with Crippen molar-refractivity contribution in [2.24, 2.45) is 5.92 Å². The lowest BCUT2D eigenvalue weighted by Crippen LogP contribution is -2.27. The summed E-state index contributed by atoms with van der Waals surface area (Å²) < 4.78 is 6.46. The number of rotatable bonds is 5. The average Bonchev–Trinajstić information content (AvgIpc) is 3.07. The summed E-state index contributed by atoms with van der Waals surface area (Å²) in [7, 11) is 0. The Kier molecular flexibility index (Phi) is 5.65. The molecule has 0 bridgehead atoms. The monoisotopic (exact) mass is 428 g/mol. The van der Waals surface area contributed by atoms with Crippen molar-refractivity contribution >= 4 is 44.4 Å². The number of hydrogen-bond acceptors (Lipinski definition) is 3. The second kappa shape index (κ2) is 7.96. The Morgan fingerprint density at radius 3 is 2.56 bits per heavy atom. The molecule has 3 aromatic rings. The smallest absolute Gasteiger partial charge is 0.291 e. The molecule has 0 saturated carbocycles. The molecular formula is C21H21BrN2O3. The third-order valence-corrected chi connectivity index (χ3v) is 4.75. The predicted octanol–water partition coefficient (Wildman–Crippen LogP) is 5.14. The van der Waals surface area contributed by atoms with E-state index >= 15 is 0 Å². The van der Waals surface area contributed by atoms with Gasteiger partial charge in [-0.25, -0.2) is 0 Å². The second-order valence-electron chi connectivity index (χ2n) is 6.86. The maximum atomic E-state index is 12.5. The largest absolute Gasteiger partial charge is 0.450 e. The minimum Gasteiger partial charge on any atom is -0.450 e. The topological polar surface area (TPSA) is 71.3 Å². The number of nitrogens with one attached hydrogen (secondary N) is 2. The highest BCUT2D eigenvalue weighted by atomic mass is 79.9. The van der Waals surface area contributed by atoms with Crippen molar-refractivity contribution in [1.29, 1.82) is 0 Å². The lowest BCUT2D eigenvalue weighted by atomic mass is 10.1. The number of fused-ring (bicyclic) bond motifs is 1. The number of hydrogen-bond donors (Lipinski definition) is 2. The first kappa shape index (κ1) is 19.2. The lowest BCUT2D eigenvalue weighted by Gasteiger charge is -2.11. The Hall–Kier alpha value is -2.60. The van der Waals surface area contributed by atoms with Crippen molar-refractivity contribution in [1.82, 2.24) is 5.32 Å². The van der Waals surface area contributed by atoms with Gasteiger partial charge in [0.05, 0.1) is 4.47 Å². The molecule has 0 radical (unpaired) electrons. The van der Waals surface area contributed by atoms with E-state index in [-0.39, 0.29) is 17.6 Å². The molecule has 2 aromatic carbocycles. The molecule has 0 spiro atoms. The summed E-state index contributed by atoms with van der Waals surface area (Å²) in [6, 6.07) is 12.5. The van der Waals surface area contributed by atoms with E-state index in [1.807, 2.05) is 39.0 Å². The molecule has 3 rings (SSSR count). The Labute approximate surface area is 166 Å². The van der Waals surface area contributed by atoms with Gasteiger partial charge in [0.1, 0.15) is 5.58 Å². The van der Waals surface area contributed by atoms with Crippen LogP contribution in [0.4, 0.5) is 5.69 Å². The molecular weight excluding hydrogens is 408 g/mol. The molecule has 27 heavy (non-hydrogen) atoms. The van der Waals surface area contributed by atoms with E-state index in [0.29, 0.717) is 29.3 Å². The maximum Gasteiger partial charge on any atom is 0.291 e. The van der Waals surface area contributed by atoms with Crippen LogP contribution in [0, 0.1) is 12.8 Å². The highest BCUT2D eigenvalue weighted by molar-refractivity contribution is 9.10. The summed E-state index contributed by atoms with van der Waals surface area (Å²) in [4.78, 5) is 24.7. The van der Waals surface area contributed by atoms with Gasteiger partial charge in [-0.05, 0) is 64.7 Å². The van der Waals surface area contributed by atoms with Gasteiger partial charge in [0.2, 0.25) is 0 Å². The molecule has 0 fully saturated rings. The summed E-state index contributed by atoms with van der Waals surface area (Å²) in [6.07, 6.45) is 0. The van der Waals surface area contributed by atoms with Crippen LogP contribution in [0.5, 0.6) is 0 Å². The molecule has 5 nitrogen and oxygen atoms in total. The summed E-state index contributed by atoms with van der Waals surface area (Å²) in [6.45, 7) is 6.56. The van der Waals surface area contributed by atoms with Gasteiger partial charge in [0.15, 0.2) is 5.76 Å². The van der Waals surface area contributed by atoms with Crippen LogP contribution in [-0.4, -0.2) is 18.4 Å². The number of halogens is 1. The van der Waals surface area contributed by atoms with E-state index < -0.39 is 0 Å². The fourth-order valence-corrected chi connectivity index (χ4v) is 3.13. The summed E-state index contributed by atoms with van der Waals surface area (Å²) in [5.41, 5.74) is 2.65. The highest BCUT2D eigenvalue weighted by Crippen LogP contribution is 2.27. The Bertz CT molecular complexity index is 1010. The van der Waals surface area contributed by atoms with Crippen molar-refractivity contribution in [3.05, 3.63) is 63.8 Å². The van der Waals surface area contributed by atoms with Crippen molar-refractivity contribution < 1.29 is 14.0 Å². The minimum atomic E-state index is -0.335. The van der Waals surface area contributed by atoms with E-state index in [9.17, 15) is 9.59 Å². The van der Waals surface area contributed by atoms with E-state index in [2.05, 4.69) is 26.6 Å². The van der Waals surface area contributed by atoms with E-state index in [1.54, 1.807) is 24.3 Å². The molecule has 2 amide bonds. The van der Waals surface area contributed by atoms with E-state index in [4.69, 9.17) is 4.42 Å². The molecule has 0 atom stereocenters. The molecule has 1 aromatic heterocycles. The summed E-state index contributed by atoms with van der Waals surface area (Å²) >= 11 is 3.42. The third-order valence-electron chi connectivity index (χ3n) is 4.13.